The van der Waals surface area contributed by atoms with E-state index in [0.717, 1.165) is 11.3 Å². The number of rotatable bonds is 4. The molecule has 0 unspecified atom stereocenters. The van der Waals surface area contributed by atoms with E-state index in [1.807, 2.05) is 12.3 Å². The van der Waals surface area contributed by atoms with E-state index < -0.39 is 0 Å². The largest absolute Gasteiger partial charge is 0.309 e. The van der Waals surface area contributed by atoms with Crippen LogP contribution in [0.5, 0.6) is 0 Å². The molecule has 15 rings (SSSR count). The highest BCUT2D eigenvalue weighted by Gasteiger charge is 2.36. The van der Waals surface area contributed by atoms with Gasteiger partial charge < -0.3 is 9.13 Å². The molecule has 3 heterocycles. The summed E-state index contributed by atoms with van der Waals surface area (Å²) in [4.78, 5) is 4.67. The summed E-state index contributed by atoms with van der Waals surface area (Å²) in [6.45, 7) is 4.73. The van der Waals surface area contributed by atoms with Crippen LogP contribution < -0.4 is 0 Å². The molecular formula is C64H41N3. The van der Waals surface area contributed by atoms with Crippen LogP contribution in [0, 0.1) is 0 Å². The van der Waals surface area contributed by atoms with Crippen LogP contribution in [0.4, 0.5) is 0 Å². The molecule has 0 aliphatic heterocycles. The van der Waals surface area contributed by atoms with E-state index in [0.29, 0.717) is 0 Å². The first-order chi connectivity index (χ1) is 33.0. The minimum Gasteiger partial charge on any atom is -0.309 e. The Morgan fingerprint density at radius 3 is 1.79 bits per heavy atom. The minimum atomic E-state index is -0.159. The minimum absolute atomic E-state index is 0.159. The van der Waals surface area contributed by atoms with E-state index in [2.05, 4.69) is 228 Å². The molecule has 1 aliphatic rings. The number of hydrogen-bond donors (Lipinski definition) is 0. The smallest absolute Gasteiger partial charge is 0.0702 e. The molecule has 3 aromatic heterocycles. The quantitative estimate of drug-likeness (QED) is 0.162. The number of fused-ring (bicyclic) bond motifs is 11. The van der Waals surface area contributed by atoms with Gasteiger partial charge in [-0.05, 0) is 132 Å². The Hall–Kier alpha value is -8.53. The lowest BCUT2D eigenvalue weighted by Crippen LogP contribution is -2.15. The Balaban J connectivity index is 0.944. The number of nitrogens with zero attached hydrogens (tertiary/aromatic N) is 3. The van der Waals surface area contributed by atoms with E-state index in [1.165, 1.54) is 131 Å². The molecule has 0 saturated carbocycles. The lowest BCUT2D eigenvalue weighted by molar-refractivity contribution is 0.661. The summed E-state index contributed by atoms with van der Waals surface area (Å²) >= 11 is 0. The molecule has 0 radical (unpaired) electrons. The number of pyridine rings is 1. The van der Waals surface area contributed by atoms with Gasteiger partial charge in [-0.15, -0.1) is 0 Å². The van der Waals surface area contributed by atoms with Crippen LogP contribution in [0.15, 0.2) is 212 Å². The topological polar surface area (TPSA) is 22.8 Å². The normalized spacial score (nSPS) is 13.3. The van der Waals surface area contributed by atoms with Crippen LogP contribution in [0.1, 0.15) is 25.0 Å². The molecule has 0 spiro atoms. The van der Waals surface area contributed by atoms with Crippen LogP contribution in [0.3, 0.4) is 0 Å². The van der Waals surface area contributed by atoms with Crippen molar-refractivity contribution in [2.24, 2.45) is 0 Å². The van der Waals surface area contributed by atoms with Crippen molar-refractivity contribution in [3.8, 4) is 44.9 Å². The summed E-state index contributed by atoms with van der Waals surface area (Å²) in [6.07, 6.45) is 1.87. The van der Waals surface area contributed by atoms with Gasteiger partial charge in [-0.2, -0.15) is 0 Å². The first-order valence-electron chi connectivity index (χ1n) is 23.4. The zero-order valence-electron chi connectivity index (χ0n) is 37.0. The highest BCUT2D eigenvalue weighted by Crippen LogP contribution is 2.51. The Morgan fingerprint density at radius 2 is 0.955 bits per heavy atom. The maximum absolute atomic E-state index is 4.67. The van der Waals surface area contributed by atoms with Crippen molar-refractivity contribution < 1.29 is 0 Å². The second-order valence-electron chi connectivity index (χ2n) is 19.1. The van der Waals surface area contributed by atoms with E-state index in [4.69, 9.17) is 0 Å². The lowest BCUT2D eigenvalue weighted by Gasteiger charge is -2.22. The second-order valence-corrected chi connectivity index (χ2v) is 19.1. The van der Waals surface area contributed by atoms with Gasteiger partial charge in [-0.25, -0.2) is 0 Å². The molecule has 312 valence electrons. The van der Waals surface area contributed by atoms with Gasteiger partial charge in [0.05, 0.1) is 39.1 Å². The summed E-state index contributed by atoms with van der Waals surface area (Å²) in [5, 5.41) is 15.2. The average molecular weight is 852 g/mol. The molecule has 14 aromatic rings. The third kappa shape index (κ3) is 4.98. The molecule has 0 saturated heterocycles. The molecule has 3 heteroatoms. The van der Waals surface area contributed by atoms with Crippen LogP contribution in [0.25, 0.3) is 132 Å². The number of hydrogen-bond acceptors (Lipinski definition) is 1. The number of benzene rings is 11. The molecule has 3 nitrogen and oxygen atoms in total. The van der Waals surface area contributed by atoms with Crippen molar-refractivity contribution in [2.45, 2.75) is 19.3 Å². The van der Waals surface area contributed by atoms with Crippen LogP contribution in [0.2, 0.25) is 0 Å². The molecule has 0 amide bonds. The predicted octanol–water partition coefficient (Wildman–Crippen LogP) is 17.0. The maximum Gasteiger partial charge on any atom is 0.0702 e. The standard InChI is InChI=1S/C64H41N3/c1-64(2)52-34-41(25-28-45(52)46-29-26-42(35-53(46)64)54-20-9-10-32-65-54)40-27-31-58-51(33-40)47-17-5-7-21-56(47)66(58)59-36-43-37-60-63(50-30-24-39-15-11-19-49(59)61(39)62(43)50)48-18-6-8-22-57(48)67(60)55-23-12-14-38-13-3-4-16-44(38)55/h3-37H,1-2H3. The highest BCUT2D eigenvalue weighted by atomic mass is 15.0. The van der Waals surface area contributed by atoms with Crippen LogP contribution >= 0.6 is 0 Å². The van der Waals surface area contributed by atoms with Gasteiger partial charge in [0.25, 0.3) is 0 Å². The fourth-order valence-corrected chi connectivity index (χ4v) is 12.2. The van der Waals surface area contributed by atoms with Gasteiger partial charge in [0.2, 0.25) is 0 Å². The lowest BCUT2D eigenvalue weighted by atomic mass is 9.81. The number of para-hydroxylation sites is 2. The van der Waals surface area contributed by atoms with Crippen LogP contribution in [-0.2, 0) is 5.41 Å². The Kier molecular flexibility index (Phi) is 7.29. The Morgan fingerprint density at radius 1 is 0.343 bits per heavy atom. The number of aromatic nitrogens is 3. The Bertz CT molecular complexity index is 4410. The first kappa shape index (κ1) is 36.8. The molecule has 0 bridgehead atoms. The summed E-state index contributed by atoms with van der Waals surface area (Å²) in [5.41, 5.74) is 17.0. The summed E-state index contributed by atoms with van der Waals surface area (Å²) in [7, 11) is 0. The molecule has 0 atom stereocenters. The van der Waals surface area contributed by atoms with Gasteiger partial charge in [0, 0.05) is 49.5 Å². The summed E-state index contributed by atoms with van der Waals surface area (Å²) < 4.78 is 5.03. The van der Waals surface area contributed by atoms with Crippen molar-refractivity contribution in [3.05, 3.63) is 224 Å². The van der Waals surface area contributed by atoms with Crippen LogP contribution in [-0.4, -0.2) is 14.1 Å². The van der Waals surface area contributed by atoms with Crippen molar-refractivity contribution in [2.75, 3.05) is 0 Å². The maximum atomic E-state index is 4.67. The molecular weight excluding hydrogens is 811 g/mol. The predicted molar refractivity (Wildman–Crippen MR) is 283 cm³/mol. The first-order valence-corrected chi connectivity index (χ1v) is 23.4. The monoisotopic (exact) mass is 851 g/mol. The Labute approximate surface area is 386 Å². The van der Waals surface area contributed by atoms with E-state index in [9.17, 15) is 0 Å². The highest BCUT2D eigenvalue weighted by molar-refractivity contribution is 6.34. The molecule has 0 fully saturated rings. The summed E-state index contributed by atoms with van der Waals surface area (Å²) in [6, 6.07) is 77.0. The molecule has 67 heavy (non-hydrogen) atoms. The average Bonchev–Trinajstić information content (AvgIpc) is 3.97. The molecule has 11 aromatic carbocycles. The summed E-state index contributed by atoms with van der Waals surface area (Å²) in [5.74, 6) is 0. The second kappa shape index (κ2) is 13.3. The van der Waals surface area contributed by atoms with Crippen molar-refractivity contribution in [1.82, 2.24) is 14.1 Å². The zero-order valence-corrected chi connectivity index (χ0v) is 37.0. The fraction of sp³-hybridized carbons (Fsp3) is 0.0469. The van der Waals surface area contributed by atoms with Gasteiger partial charge in [0.15, 0.2) is 0 Å². The SMILES string of the molecule is CC1(C)c2cc(-c3ccc4c(c3)c3ccccc3n4-c3cc4cc5c(c6ccc7cccc3c7c46)c3ccccc3n5-c3cccc4ccccc34)ccc2-c2ccc(-c3ccccn3)cc21. The fourth-order valence-electron chi connectivity index (χ4n) is 12.2. The van der Waals surface area contributed by atoms with Gasteiger partial charge in [-0.3, -0.25) is 4.98 Å². The van der Waals surface area contributed by atoms with Gasteiger partial charge in [0.1, 0.15) is 0 Å². The zero-order chi connectivity index (χ0) is 44.1. The molecule has 1 aliphatic carbocycles. The van der Waals surface area contributed by atoms with Gasteiger partial charge >= 0.3 is 0 Å². The van der Waals surface area contributed by atoms with Crippen molar-refractivity contribution >= 4 is 86.7 Å². The van der Waals surface area contributed by atoms with Gasteiger partial charge in [-0.1, -0.05) is 153 Å². The third-order valence-electron chi connectivity index (χ3n) is 15.3. The third-order valence-corrected chi connectivity index (χ3v) is 15.3. The van der Waals surface area contributed by atoms with Crippen molar-refractivity contribution in [3.63, 3.8) is 0 Å². The van der Waals surface area contributed by atoms with E-state index in [-0.39, 0.29) is 5.41 Å². The van der Waals surface area contributed by atoms with E-state index in [1.54, 1.807) is 0 Å². The van der Waals surface area contributed by atoms with Crippen molar-refractivity contribution in [1.29, 1.82) is 0 Å². The van der Waals surface area contributed by atoms with E-state index >= 15 is 0 Å². The molecule has 0 N–H and O–H groups in total.